The molecular weight excluding hydrogens is 480 g/mol. The number of hydrogen-bond acceptors (Lipinski definition) is 6. The second kappa shape index (κ2) is 9.02. The Balaban J connectivity index is 1.31. The Morgan fingerprint density at radius 3 is 2.86 bits per heavy atom. The Kier molecular flexibility index (Phi) is 6.02. The van der Waals surface area contributed by atoms with Gasteiger partial charge in [0.1, 0.15) is 6.07 Å². The molecule has 5 rings (SSSR count). The van der Waals surface area contributed by atoms with Crippen LogP contribution >= 0.6 is 11.6 Å². The molecule has 2 atom stereocenters. The van der Waals surface area contributed by atoms with E-state index >= 15 is 0 Å². The van der Waals surface area contributed by atoms with Gasteiger partial charge >= 0.3 is 0 Å². The molecule has 2 saturated heterocycles. The van der Waals surface area contributed by atoms with Crippen molar-refractivity contribution in [1.82, 2.24) is 19.8 Å². The van der Waals surface area contributed by atoms with Gasteiger partial charge in [-0.1, -0.05) is 29.8 Å². The van der Waals surface area contributed by atoms with Gasteiger partial charge in [-0.3, -0.25) is 9.69 Å². The summed E-state index contributed by atoms with van der Waals surface area (Å²) in [6.45, 7) is 1.33. The number of aromatic amines is 1. The van der Waals surface area contributed by atoms with E-state index in [9.17, 15) is 18.7 Å². The minimum Gasteiger partial charge on any atom is -0.361 e. The third kappa shape index (κ3) is 4.28. The number of imidazole rings is 1. The van der Waals surface area contributed by atoms with E-state index in [0.717, 1.165) is 12.1 Å². The number of nitrogens with one attached hydrogen (secondary N) is 1. The van der Waals surface area contributed by atoms with Crippen molar-refractivity contribution in [1.29, 1.82) is 5.26 Å². The standard InChI is InChI=1S/C24H20ClF2N5O3/c25-22-16(20-10-29-21(9-28)30-20)2-1-3-17(22)23(33)31-6-7-32-13-24(34,35-12-15(32)11-31)14-4-5-18(26)19(27)8-14/h1-5,8,10,15,34H,6-7,11-13H2,(H,29,30)/t15-,24-/m0/s1. The van der Waals surface area contributed by atoms with E-state index < -0.39 is 17.4 Å². The van der Waals surface area contributed by atoms with Crippen molar-refractivity contribution < 1.29 is 23.4 Å². The van der Waals surface area contributed by atoms with E-state index in [4.69, 9.17) is 21.6 Å². The normalized spacial score (nSPS) is 22.5. The van der Waals surface area contributed by atoms with Crippen LogP contribution in [0.5, 0.6) is 0 Å². The van der Waals surface area contributed by atoms with E-state index in [1.807, 2.05) is 11.0 Å². The van der Waals surface area contributed by atoms with Crippen molar-refractivity contribution >= 4 is 17.5 Å². The number of amides is 1. The van der Waals surface area contributed by atoms with Crippen LogP contribution in [0.1, 0.15) is 21.7 Å². The highest BCUT2D eigenvalue weighted by molar-refractivity contribution is 6.36. The zero-order valence-corrected chi connectivity index (χ0v) is 19.1. The van der Waals surface area contributed by atoms with Gasteiger partial charge in [-0.05, 0) is 18.2 Å². The molecule has 1 amide bonds. The number of nitriles is 1. The number of halogens is 3. The smallest absolute Gasteiger partial charge is 0.255 e. The maximum Gasteiger partial charge on any atom is 0.255 e. The number of aromatic nitrogens is 2. The first kappa shape index (κ1) is 23.4. The van der Waals surface area contributed by atoms with Crippen LogP contribution in [-0.2, 0) is 10.5 Å². The molecule has 180 valence electrons. The Hall–Kier alpha value is -3.36. The molecule has 0 saturated carbocycles. The SMILES string of the molecule is N#Cc1ncc(-c2cccc(C(=O)N3CCN4C[C@@](O)(c5ccc(F)c(F)c5)OC[C@@H]4C3)c2Cl)[nH]1. The van der Waals surface area contributed by atoms with Crippen molar-refractivity contribution in [2.24, 2.45) is 0 Å². The maximum absolute atomic E-state index is 13.7. The zero-order valence-electron chi connectivity index (χ0n) is 18.3. The van der Waals surface area contributed by atoms with Gasteiger partial charge in [0.05, 0.1) is 41.7 Å². The molecule has 3 heterocycles. The predicted octanol–water partition coefficient (Wildman–Crippen LogP) is 2.88. The summed E-state index contributed by atoms with van der Waals surface area (Å²) in [5, 5.41) is 20.2. The van der Waals surface area contributed by atoms with Crippen LogP contribution in [0, 0.1) is 23.0 Å². The first-order valence-electron chi connectivity index (χ1n) is 10.9. The van der Waals surface area contributed by atoms with E-state index in [-0.39, 0.29) is 41.5 Å². The Bertz CT molecular complexity index is 1340. The minimum atomic E-state index is -1.78. The van der Waals surface area contributed by atoms with Crippen molar-refractivity contribution in [3.8, 4) is 17.3 Å². The number of hydrogen-bond donors (Lipinski definition) is 2. The lowest BCUT2D eigenvalue weighted by molar-refractivity contribution is -0.265. The molecule has 3 aromatic rings. The van der Waals surface area contributed by atoms with Gasteiger partial charge in [-0.25, -0.2) is 13.8 Å². The molecule has 0 unspecified atom stereocenters. The van der Waals surface area contributed by atoms with Gasteiger partial charge in [-0.15, -0.1) is 0 Å². The number of H-pyrrole nitrogens is 1. The van der Waals surface area contributed by atoms with Crippen LogP contribution < -0.4 is 0 Å². The van der Waals surface area contributed by atoms with E-state index in [1.165, 1.54) is 12.3 Å². The average Bonchev–Trinajstić information content (AvgIpc) is 3.34. The van der Waals surface area contributed by atoms with Crippen molar-refractivity contribution in [2.45, 2.75) is 11.8 Å². The third-order valence-corrected chi connectivity index (χ3v) is 6.80. The van der Waals surface area contributed by atoms with Gasteiger partial charge in [0.2, 0.25) is 11.6 Å². The highest BCUT2D eigenvalue weighted by Gasteiger charge is 2.43. The Labute approximate surface area is 204 Å². The number of fused-ring (bicyclic) bond motifs is 1. The second-order valence-corrected chi connectivity index (χ2v) is 8.90. The summed E-state index contributed by atoms with van der Waals surface area (Å²) < 4.78 is 32.7. The van der Waals surface area contributed by atoms with Crippen LogP contribution in [0.15, 0.2) is 42.6 Å². The number of carbonyl (C=O) groups excluding carboxylic acids is 1. The van der Waals surface area contributed by atoms with Crippen LogP contribution in [0.4, 0.5) is 8.78 Å². The third-order valence-electron chi connectivity index (χ3n) is 6.40. The average molecular weight is 500 g/mol. The number of piperazine rings is 1. The highest BCUT2D eigenvalue weighted by atomic mass is 35.5. The second-order valence-electron chi connectivity index (χ2n) is 8.52. The summed E-state index contributed by atoms with van der Waals surface area (Å²) in [5.41, 5.74) is 1.54. The number of ether oxygens (including phenoxy) is 1. The molecule has 0 radical (unpaired) electrons. The fourth-order valence-electron chi connectivity index (χ4n) is 4.50. The highest BCUT2D eigenvalue weighted by Crippen LogP contribution is 2.33. The molecule has 2 N–H and O–H groups in total. The molecule has 0 spiro atoms. The summed E-state index contributed by atoms with van der Waals surface area (Å²) in [5.74, 6) is -3.95. The summed E-state index contributed by atoms with van der Waals surface area (Å²) in [7, 11) is 0. The number of aliphatic hydroxyl groups is 1. The van der Waals surface area contributed by atoms with Crippen LogP contribution in [0.2, 0.25) is 5.02 Å². The van der Waals surface area contributed by atoms with Gasteiger partial charge in [0.25, 0.3) is 5.91 Å². The van der Waals surface area contributed by atoms with Crippen molar-refractivity contribution in [2.75, 3.05) is 32.8 Å². The zero-order chi connectivity index (χ0) is 24.7. The molecular formula is C24H20ClF2N5O3. The molecule has 2 aromatic carbocycles. The number of carbonyl (C=O) groups is 1. The van der Waals surface area contributed by atoms with Gasteiger partial charge < -0.3 is 19.7 Å². The molecule has 35 heavy (non-hydrogen) atoms. The molecule has 2 aliphatic heterocycles. The fraction of sp³-hybridized carbons (Fsp3) is 0.292. The van der Waals surface area contributed by atoms with E-state index in [0.29, 0.717) is 36.5 Å². The Morgan fingerprint density at radius 2 is 2.11 bits per heavy atom. The molecule has 2 fully saturated rings. The quantitative estimate of drug-likeness (QED) is 0.574. The predicted molar refractivity (Wildman–Crippen MR) is 121 cm³/mol. The van der Waals surface area contributed by atoms with Gasteiger partial charge in [0.15, 0.2) is 11.6 Å². The monoisotopic (exact) mass is 499 g/mol. The van der Waals surface area contributed by atoms with Crippen LogP contribution in [0.25, 0.3) is 11.3 Å². The number of nitrogens with zero attached hydrogens (tertiary/aromatic N) is 4. The lowest BCUT2D eigenvalue weighted by Gasteiger charge is -2.48. The minimum absolute atomic E-state index is 0.0576. The van der Waals surface area contributed by atoms with Crippen LogP contribution in [0.3, 0.4) is 0 Å². The van der Waals surface area contributed by atoms with Gasteiger partial charge in [-0.2, -0.15) is 5.26 Å². The number of rotatable bonds is 3. The number of morpholine rings is 1. The van der Waals surface area contributed by atoms with Gasteiger partial charge in [0, 0.05) is 30.8 Å². The summed E-state index contributed by atoms with van der Waals surface area (Å²) in [4.78, 5) is 23.8. The molecule has 0 bridgehead atoms. The summed E-state index contributed by atoms with van der Waals surface area (Å²) in [6.07, 6.45) is 1.49. The maximum atomic E-state index is 13.7. The molecule has 2 aliphatic rings. The summed E-state index contributed by atoms with van der Waals surface area (Å²) >= 11 is 6.57. The molecule has 0 aliphatic carbocycles. The lowest BCUT2D eigenvalue weighted by atomic mass is 10.00. The molecule has 11 heteroatoms. The molecule has 1 aromatic heterocycles. The van der Waals surface area contributed by atoms with Crippen LogP contribution in [-0.4, -0.2) is 69.6 Å². The number of benzene rings is 2. The first-order chi connectivity index (χ1) is 16.8. The summed E-state index contributed by atoms with van der Waals surface area (Å²) in [6, 6.07) is 10.0. The van der Waals surface area contributed by atoms with Crippen molar-refractivity contribution in [3.05, 3.63) is 76.2 Å². The van der Waals surface area contributed by atoms with Crippen molar-refractivity contribution in [3.63, 3.8) is 0 Å². The molecule has 8 nitrogen and oxygen atoms in total. The fourth-order valence-corrected chi connectivity index (χ4v) is 4.81. The largest absolute Gasteiger partial charge is 0.361 e. The van der Waals surface area contributed by atoms with E-state index in [2.05, 4.69) is 9.97 Å². The van der Waals surface area contributed by atoms with E-state index in [1.54, 1.807) is 23.1 Å². The first-order valence-corrected chi connectivity index (χ1v) is 11.3. The topological polar surface area (TPSA) is 105 Å². The Morgan fingerprint density at radius 1 is 1.29 bits per heavy atom. The lowest BCUT2D eigenvalue weighted by Crippen LogP contribution is -2.63.